The molecule has 27 heavy (non-hydrogen) atoms. The van der Waals surface area contributed by atoms with E-state index in [0.717, 1.165) is 4.90 Å². The predicted octanol–water partition coefficient (Wildman–Crippen LogP) is 2.20. The number of benzene rings is 2. The summed E-state index contributed by atoms with van der Waals surface area (Å²) in [5, 5.41) is 19.9. The summed E-state index contributed by atoms with van der Waals surface area (Å²) >= 11 is 0. The zero-order valence-electron chi connectivity index (χ0n) is 14.5. The fraction of sp³-hybridized carbons (Fsp3) is 0.150. The third-order valence-corrected chi connectivity index (χ3v) is 4.33. The van der Waals surface area contributed by atoms with Gasteiger partial charge in [-0.3, -0.25) is 14.4 Å². The van der Waals surface area contributed by atoms with Gasteiger partial charge in [0.2, 0.25) is 0 Å². The zero-order valence-corrected chi connectivity index (χ0v) is 14.5. The van der Waals surface area contributed by atoms with E-state index >= 15 is 0 Å². The summed E-state index contributed by atoms with van der Waals surface area (Å²) < 4.78 is 5.31. The van der Waals surface area contributed by atoms with Crippen LogP contribution in [0.1, 0.15) is 17.2 Å². The van der Waals surface area contributed by atoms with Crippen LogP contribution in [0.2, 0.25) is 0 Å². The first-order valence-corrected chi connectivity index (χ1v) is 8.14. The quantitative estimate of drug-likeness (QED) is 0.477. The fourth-order valence-corrected chi connectivity index (χ4v) is 3.16. The molecule has 2 N–H and O–H groups in total. The van der Waals surface area contributed by atoms with Crippen LogP contribution in [-0.4, -0.2) is 46.4 Å². The highest BCUT2D eigenvalue weighted by molar-refractivity contribution is 6.46. The molecule has 1 amide bonds. The van der Waals surface area contributed by atoms with Gasteiger partial charge in [-0.1, -0.05) is 48.5 Å². The number of hydrogen-bond donors (Lipinski definition) is 2. The van der Waals surface area contributed by atoms with Crippen molar-refractivity contribution in [1.29, 1.82) is 0 Å². The Balaban J connectivity index is 2.25. The van der Waals surface area contributed by atoms with E-state index in [2.05, 4.69) is 0 Å². The number of methoxy groups -OCH3 is 1. The number of nitrogens with zero attached hydrogens (tertiary/aromatic N) is 1. The van der Waals surface area contributed by atoms with Crippen LogP contribution in [0.25, 0.3) is 5.76 Å². The number of carboxylic acids is 1. The minimum atomic E-state index is -1.27. The van der Waals surface area contributed by atoms with Crippen molar-refractivity contribution in [3.05, 3.63) is 71.3 Å². The lowest BCUT2D eigenvalue weighted by atomic mass is 9.94. The van der Waals surface area contributed by atoms with Gasteiger partial charge in [0.05, 0.1) is 18.7 Å². The minimum Gasteiger partial charge on any atom is -0.507 e. The number of carboxylic acid groups (broad SMARTS) is 1. The SMILES string of the molecule is COc1ccccc1C1/C(=C(\O)c2ccccc2)C(=O)C(=O)N1CC(=O)O. The van der Waals surface area contributed by atoms with Gasteiger partial charge in [0, 0.05) is 11.1 Å². The molecule has 138 valence electrons. The smallest absolute Gasteiger partial charge is 0.323 e. The lowest BCUT2D eigenvalue weighted by molar-refractivity contribution is -0.146. The van der Waals surface area contributed by atoms with E-state index in [1.165, 1.54) is 7.11 Å². The highest BCUT2D eigenvalue weighted by Gasteiger charge is 2.47. The average Bonchev–Trinajstić information content (AvgIpc) is 2.92. The van der Waals surface area contributed by atoms with Gasteiger partial charge in [0.1, 0.15) is 18.1 Å². The molecule has 2 aromatic rings. The topological polar surface area (TPSA) is 104 Å². The molecule has 2 aromatic carbocycles. The molecule has 1 saturated heterocycles. The van der Waals surface area contributed by atoms with E-state index in [4.69, 9.17) is 4.74 Å². The van der Waals surface area contributed by atoms with Gasteiger partial charge in [-0.05, 0) is 6.07 Å². The van der Waals surface area contributed by atoms with Crippen molar-refractivity contribution in [1.82, 2.24) is 4.90 Å². The van der Waals surface area contributed by atoms with Crippen molar-refractivity contribution in [2.75, 3.05) is 13.7 Å². The summed E-state index contributed by atoms with van der Waals surface area (Å²) in [4.78, 5) is 37.3. The molecular formula is C20H17NO6. The standard InChI is InChI=1S/C20H17NO6/c1-27-14-10-6-5-9-13(14)17-16(18(24)12-7-3-2-4-8-12)19(25)20(26)21(17)11-15(22)23/h2-10,17,24H,11H2,1H3,(H,22,23)/b18-16+. The molecular weight excluding hydrogens is 350 g/mol. The normalized spacial score (nSPS) is 18.6. The largest absolute Gasteiger partial charge is 0.507 e. The Morgan fingerprint density at radius 3 is 2.30 bits per heavy atom. The number of carbonyl (C=O) groups excluding carboxylic acids is 2. The molecule has 0 spiro atoms. The van der Waals surface area contributed by atoms with Crippen LogP contribution < -0.4 is 4.74 Å². The average molecular weight is 367 g/mol. The Bertz CT molecular complexity index is 934. The Hall–Kier alpha value is -3.61. The maximum absolute atomic E-state index is 12.7. The van der Waals surface area contributed by atoms with E-state index in [1.54, 1.807) is 54.6 Å². The minimum absolute atomic E-state index is 0.169. The number of ketones is 1. The number of carbonyl (C=O) groups is 3. The number of aliphatic hydroxyl groups is 1. The Morgan fingerprint density at radius 1 is 1.04 bits per heavy atom. The molecule has 3 rings (SSSR count). The van der Waals surface area contributed by atoms with Crippen LogP contribution in [-0.2, 0) is 14.4 Å². The molecule has 0 aliphatic carbocycles. The molecule has 1 unspecified atom stereocenters. The molecule has 0 radical (unpaired) electrons. The number of para-hydroxylation sites is 1. The summed E-state index contributed by atoms with van der Waals surface area (Å²) in [5.41, 5.74) is 0.598. The molecule has 1 fully saturated rings. The Kier molecular flexibility index (Phi) is 4.94. The van der Waals surface area contributed by atoms with Gasteiger partial charge >= 0.3 is 5.97 Å². The van der Waals surface area contributed by atoms with Gasteiger partial charge in [-0.15, -0.1) is 0 Å². The van der Waals surface area contributed by atoms with Crippen LogP contribution in [0.4, 0.5) is 0 Å². The first-order chi connectivity index (χ1) is 13.0. The second-order valence-corrected chi connectivity index (χ2v) is 5.93. The monoisotopic (exact) mass is 367 g/mol. The maximum atomic E-state index is 12.7. The molecule has 1 heterocycles. The highest BCUT2D eigenvalue weighted by atomic mass is 16.5. The van der Waals surface area contributed by atoms with Crippen LogP contribution in [0.3, 0.4) is 0 Å². The van der Waals surface area contributed by atoms with Gasteiger partial charge in [-0.25, -0.2) is 0 Å². The molecule has 0 bridgehead atoms. The molecule has 0 saturated carbocycles. The lowest BCUT2D eigenvalue weighted by Gasteiger charge is -2.25. The van der Waals surface area contributed by atoms with Crippen LogP contribution in [0.5, 0.6) is 5.75 Å². The summed E-state index contributed by atoms with van der Waals surface area (Å²) in [6.45, 7) is -0.682. The van der Waals surface area contributed by atoms with Crippen molar-refractivity contribution in [3.8, 4) is 5.75 Å². The summed E-state index contributed by atoms with van der Waals surface area (Å²) in [7, 11) is 1.43. The first kappa shape index (κ1) is 18.2. The van der Waals surface area contributed by atoms with Crippen LogP contribution in [0.15, 0.2) is 60.2 Å². The fourth-order valence-electron chi connectivity index (χ4n) is 3.16. The number of likely N-dealkylation sites (tertiary alicyclic amines) is 1. The van der Waals surface area contributed by atoms with Gasteiger partial charge in [0.25, 0.3) is 11.7 Å². The Labute approximate surface area is 155 Å². The van der Waals surface area contributed by atoms with Crippen molar-refractivity contribution < 1.29 is 29.3 Å². The van der Waals surface area contributed by atoms with Gasteiger partial charge in [0.15, 0.2) is 0 Å². The molecule has 1 aliphatic rings. The van der Waals surface area contributed by atoms with Crippen LogP contribution in [0, 0.1) is 0 Å². The van der Waals surface area contributed by atoms with Crippen molar-refractivity contribution in [2.24, 2.45) is 0 Å². The number of rotatable bonds is 5. The molecule has 7 nitrogen and oxygen atoms in total. The predicted molar refractivity (Wildman–Crippen MR) is 96.1 cm³/mol. The molecule has 1 aliphatic heterocycles. The first-order valence-electron chi connectivity index (χ1n) is 8.14. The third kappa shape index (κ3) is 3.27. The van der Waals surface area contributed by atoms with Crippen molar-refractivity contribution in [2.45, 2.75) is 6.04 Å². The van der Waals surface area contributed by atoms with E-state index < -0.39 is 30.2 Å². The molecule has 0 aromatic heterocycles. The number of amides is 1. The van der Waals surface area contributed by atoms with Gasteiger partial charge in [-0.2, -0.15) is 0 Å². The third-order valence-electron chi connectivity index (χ3n) is 4.33. The maximum Gasteiger partial charge on any atom is 0.323 e. The number of aliphatic hydroxyl groups excluding tert-OH is 1. The van der Waals surface area contributed by atoms with E-state index in [1.807, 2.05) is 0 Å². The van der Waals surface area contributed by atoms with Crippen molar-refractivity contribution in [3.63, 3.8) is 0 Å². The summed E-state index contributed by atoms with van der Waals surface area (Å²) in [5.74, 6) is -3.17. The number of Topliss-reactive ketones (excluding diaryl/α,β-unsaturated/α-hetero) is 1. The second kappa shape index (κ2) is 7.33. The number of hydrogen-bond acceptors (Lipinski definition) is 5. The number of ether oxygens (including phenoxy) is 1. The number of aliphatic carboxylic acids is 1. The van der Waals surface area contributed by atoms with E-state index in [0.29, 0.717) is 16.9 Å². The summed E-state index contributed by atoms with van der Waals surface area (Å²) in [6, 6.07) is 13.9. The Morgan fingerprint density at radius 2 is 1.67 bits per heavy atom. The summed E-state index contributed by atoms with van der Waals surface area (Å²) in [6.07, 6.45) is 0. The molecule has 1 atom stereocenters. The van der Waals surface area contributed by atoms with E-state index in [9.17, 15) is 24.6 Å². The van der Waals surface area contributed by atoms with Crippen LogP contribution >= 0.6 is 0 Å². The second-order valence-electron chi connectivity index (χ2n) is 5.93. The van der Waals surface area contributed by atoms with Crippen molar-refractivity contribution >= 4 is 23.4 Å². The zero-order chi connectivity index (χ0) is 19.6. The van der Waals surface area contributed by atoms with Gasteiger partial charge < -0.3 is 19.8 Å². The lowest BCUT2D eigenvalue weighted by Crippen LogP contribution is -2.34. The highest BCUT2D eigenvalue weighted by Crippen LogP contribution is 2.42. The van der Waals surface area contributed by atoms with E-state index in [-0.39, 0.29) is 11.3 Å². The molecule has 7 heteroatoms.